The van der Waals surface area contributed by atoms with E-state index in [9.17, 15) is 39.3 Å². The molecule has 0 saturated heterocycles. The fourth-order valence-electron chi connectivity index (χ4n) is 8.97. The van der Waals surface area contributed by atoms with Crippen molar-refractivity contribution in [3.8, 4) is 0 Å². The van der Waals surface area contributed by atoms with E-state index in [4.69, 9.17) is 0 Å². The molecule has 0 radical (unpaired) electrons. The van der Waals surface area contributed by atoms with Crippen LogP contribution in [-0.4, -0.2) is 56.1 Å². The van der Waals surface area contributed by atoms with Crippen LogP contribution in [0.25, 0.3) is 0 Å². The van der Waals surface area contributed by atoms with Gasteiger partial charge in [-0.2, -0.15) is 0 Å². The van der Waals surface area contributed by atoms with Crippen molar-refractivity contribution < 1.29 is 39.3 Å². The highest BCUT2D eigenvalue weighted by molar-refractivity contribution is 6.05. The Bertz CT molecular complexity index is 1160. The summed E-state index contributed by atoms with van der Waals surface area (Å²) in [5.74, 6) is -3.63. The molecule has 0 unspecified atom stereocenters. The Balaban J connectivity index is 1.79. The number of carboxylic acids is 1. The van der Waals surface area contributed by atoms with Gasteiger partial charge in [0, 0.05) is 54.4 Å². The Morgan fingerprint density at radius 2 is 1.68 bits per heavy atom. The Morgan fingerprint density at radius 1 is 1.08 bits per heavy atom. The minimum atomic E-state index is -1.65. The molecular formula is C30H42O8. The van der Waals surface area contributed by atoms with Crippen LogP contribution in [0.3, 0.4) is 0 Å². The lowest BCUT2D eigenvalue weighted by atomic mass is 9.42. The molecule has 8 atom stereocenters. The summed E-state index contributed by atoms with van der Waals surface area (Å²) < 4.78 is 0. The highest BCUT2D eigenvalue weighted by Crippen LogP contribution is 2.70. The maximum Gasteiger partial charge on any atom is 0.306 e. The van der Waals surface area contributed by atoms with E-state index < -0.39 is 57.0 Å². The van der Waals surface area contributed by atoms with Gasteiger partial charge in [-0.3, -0.25) is 24.0 Å². The topological polar surface area (TPSA) is 146 Å². The van der Waals surface area contributed by atoms with Gasteiger partial charge in [-0.1, -0.05) is 34.6 Å². The molecule has 8 heteroatoms. The van der Waals surface area contributed by atoms with Crippen molar-refractivity contribution in [3.63, 3.8) is 0 Å². The first-order valence-electron chi connectivity index (χ1n) is 13.7. The Morgan fingerprint density at radius 3 is 2.26 bits per heavy atom. The van der Waals surface area contributed by atoms with Crippen molar-refractivity contribution >= 4 is 29.1 Å². The number of aliphatic hydroxyl groups is 2. The third kappa shape index (κ3) is 3.73. The van der Waals surface area contributed by atoms with Gasteiger partial charge in [-0.25, -0.2) is 0 Å². The number of Topliss-reactive ketones (excluding diaryl/α,β-unsaturated/α-hetero) is 4. The first-order valence-corrected chi connectivity index (χ1v) is 13.7. The van der Waals surface area contributed by atoms with Crippen LogP contribution < -0.4 is 0 Å². The standard InChI is InChI=1S/C30H42O8/c1-15(25(36)37)10-16(31)13-29(6,38)20-12-22(35)30(7)24-17(32)11-19-26(2,3)21(34)8-9-27(19,4)23(24)18(33)14-28(20,30)5/h15,17,19-20,32,38H,8-14H2,1-7H3,(H,36,37)/t15-,17+,19+,20-,27+,28-,29+,30+/m1/s1. The van der Waals surface area contributed by atoms with Crippen LogP contribution in [0.15, 0.2) is 11.1 Å². The molecule has 0 heterocycles. The van der Waals surface area contributed by atoms with E-state index in [-0.39, 0.29) is 55.4 Å². The van der Waals surface area contributed by atoms with Gasteiger partial charge in [0.15, 0.2) is 5.78 Å². The number of carboxylic acid groups (broad SMARTS) is 1. The average molecular weight is 531 g/mol. The number of carbonyl (C=O) groups is 5. The molecule has 0 amide bonds. The molecule has 0 aromatic carbocycles. The largest absolute Gasteiger partial charge is 0.481 e. The minimum Gasteiger partial charge on any atom is -0.481 e. The average Bonchev–Trinajstić information content (AvgIpc) is 2.99. The fraction of sp³-hybridized carbons (Fsp3) is 0.767. The Hall–Kier alpha value is -2.19. The van der Waals surface area contributed by atoms with Crippen molar-refractivity contribution in [2.45, 2.75) is 105 Å². The summed E-state index contributed by atoms with van der Waals surface area (Å²) in [5, 5.41) is 32.4. The maximum absolute atomic E-state index is 14.1. The molecule has 0 bridgehead atoms. The number of ketones is 4. The summed E-state index contributed by atoms with van der Waals surface area (Å²) >= 11 is 0. The van der Waals surface area contributed by atoms with Crippen LogP contribution in [0, 0.1) is 39.4 Å². The van der Waals surface area contributed by atoms with Crippen molar-refractivity contribution in [3.05, 3.63) is 11.1 Å². The summed E-state index contributed by atoms with van der Waals surface area (Å²) in [5.41, 5.74) is -4.36. The lowest BCUT2D eigenvalue weighted by Crippen LogP contribution is -2.60. The van der Waals surface area contributed by atoms with Gasteiger partial charge in [-0.05, 0) is 43.6 Å². The first-order chi connectivity index (χ1) is 17.2. The molecule has 0 aromatic heterocycles. The molecular weight excluding hydrogens is 488 g/mol. The number of allylic oxidation sites excluding steroid dienone is 1. The maximum atomic E-state index is 14.1. The third-order valence-corrected chi connectivity index (χ3v) is 11.3. The quantitative estimate of drug-likeness (QED) is 0.473. The molecule has 4 aliphatic rings. The van der Waals surface area contributed by atoms with Crippen molar-refractivity contribution in [1.29, 1.82) is 0 Å². The molecule has 2 fully saturated rings. The number of hydrogen-bond donors (Lipinski definition) is 3. The van der Waals surface area contributed by atoms with E-state index in [0.717, 1.165) is 0 Å². The molecule has 2 saturated carbocycles. The summed E-state index contributed by atoms with van der Waals surface area (Å²) in [4.78, 5) is 64.8. The highest BCUT2D eigenvalue weighted by Gasteiger charge is 2.71. The lowest BCUT2D eigenvalue weighted by molar-refractivity contribution is -0.150. The number of carbonyl (C=O) groups excluding carboxylic acids is 4. The second-order valence-electron chi connectivity index (χ2n) is 14.0. The third-order valence-electron chi connectivity index (χ3n) is 11.3. The van der Waals surface area contributed by atoms with Gasteiger partial charge in [-0.15, -0.1) is 0 Å². The van der Waals surface area contributed by atoms with E-state index in [1.165, 1.54) is 13.8 Å². The second-order valence-corrected chi connectivity index (χ2v) is 14.0. The first kappa shape index (κ1) is 28.8. The number of rotatable bonds is 6. The number of aliphatic hydroxyl groups excluding tert-OH is 1. The number of hydrogen-bond acceptors (Lipinski definition) is 7. The molecule has 4 aliphatic carbocycles. The number of aliphatic carboxylic acids is 1. The van der Waals surface area contributed by atoms with Gasteiger partial charge >= 0.3 is 5.97 Å². The highest BCUT2D eigenvalue weighted by atomic mass is 16.4. The number of fused-ring (bicyclic) bond motifs is 4. The fourth-order valence-corrected chi connectivity index (χ4v) is 8.97. The zero-order valence-electron chi connectivity index (χ0n) is 23.6. The Labute approximate surface area is 224 Å². The van der Waals surface area contributed by atoms with Crippen LogP contribution in [0.1, 0.15) is 93.4 Å². The molecule has 3 N–H and O–H groups in total. The molecule has 4 rings (SSSR count). The Kier molecular flexibility index (Phi) is 6.56. The van der Waals surface area contributed by atoms with Gasteiger partial charge in [0.25, 0.3) is 0 Å². The predicted octanol–water partition coefficient (Wildman–Crippen LogP) is 3.45. The minimum absolute atomic E-state index is 0.0159. The molecule has 210 valence electrons. The van der Waals surface area contributed by atoms with E-state index >= 15 is 0 Å². The summed E-state index contributed by atoms with van der Waals surface area (Å²) in [7, 11) is 0. The zero-order chi connectivity index (χ0) is 28.8. The predicted molar refractivity (Wildman–Crippen MR) is 138 cm³/mol. The SMILES string of the molecule is C[C@H](CC(=O)C[C@](C)(O)[C@@H]1CC(=O)[C@@]2(C)C3=C(C(=O)C[C@]12C)[C@@]1(C)CCC(=O)C(C)(C)[C@@H]1C[C@@H]3O)C(=O)O. The van der Waals surface area contributed by atoms with Crippen molar-refractivity contribution in [2.75, 3.05) is 0 Å². The molecule has 0 spiro atoms. The second kappa shape index (κ2) is 8.65. The molecule has 0 aromatic rings. The van der Waals surface area contributed by atoms with Gasteiger partial charge in [0.05, 0.1) is 23.0 Å². The molecule has 8 nitrogen and oxygen atoms in total. The van der Waals surface area contributed by atoms with Gasteiger partial charge < -0.3 is 15.3 Å². The smallest absolute Gasteiger partial charge is 0.306 e. The molecule has 38 heavy (non-hydrogen) atoms. The van der Waals surface area contributed by atoms with E-state index in [1.807, 2.05) is 20.8 Å². The van der Waals surface area contributed by atoms with E-state index in [1.54, 1.807) is 13.8 Å². The lowest BCUT2D eigenvalue weighted by Gasteiger charge is -2.60. The van der Waals surface area contributed by atoms with Gasteiger partial charge in [0.2, 0.25) is 0 Å². The summed E-state index contributed by atoms with van der Waals surface area (Å²) in [6, 6.07) is 0. The van der Waals surface area contributed by atoms with Crippen LogP contribution in [-0.2, 0) is 24.0 Å². The summed E-state index contributed by atoms with van der Waals surface area (Å²) in [6.45, 7) is 12.2. The summed E-state index contributed by atoms with van der Waals surface area (Å²) in [6.07, 6.45) is -0.624. The van der Waals surface area contributed by atoms with Crippen LogP contribution >= 0.6 is 0 Å². The van der Waals surface area contributed by atoms with E-state index in [0.29, 0.717) is 24.0 Å². The molecule has 0 aliphatic heterocycles. The van der Waals surface area contributed by atoms with Crippen LogP contribution in [0.2, 0.25) is 0 Å². The van der Waals surface area contributed by atoms with E-state index in [2.05, 4.69) is 0 Å². The monoisotopic (exact) mass is 530 g/mol. The van der Waals surface area contributed by atoms with Gasteiger partial charge in [0.1, 0.15) is 17.3 Å². The zero-order valence-corrected chi connectivity index (χ0v) is 23.6. The van der Waals surface area contributed by atoms with Crippen molar-refractivity contribution in [1.82, 2.24) is 0 Å². The van der Waals surface area contributed by atoms with Crippen molar-refractivity contribution in [2.24, 2.45) is 39.4 Å². The normalized spacial score (nSPS) is 40.7. The van der Waals surface area contributed by atoms with Crippen LogP contribution in [0.5, 0.6) is 0 Å². The van der Waals surface area contributed by atoms with Crippen LogP contribution in [0.4, 0.5) is 0 Å².